The van der Waals surface area contributed by atoms with E-state index in [0.29, 0.717) is 27.8 Å². The summed E-state index contributed by atoms with van der Waals surface area (Å²) in [7, 11) is -3.60. The van der Waals surface area contributed by atoms with Crippen LogP contribution in [-0.2, 0) is 10.0 Å². The molecule has 0 spiro atoms. The maximum absolute atomic E-state index is 13.2. The molecule has 0 saturated heterocycles. The second-order valence-corrected chi connectivity index (χ2v) is 10.9. The molecule has 2 aromatic carbocycles. The first-order valence-electron chi connectivity index (χ1n) is 10.4. The number of thiazole rings is 1. The highest BCUT2D eigenvalue weighted by atomic mass is 35.5. The summed E-state index contributed by atoms with van der Waals surface area (Å²) < 4.78 is 28.8. The van der Waals surface area contributed by atoms with E-state index < -0.39 is 10.0 Å². The lowest BCUT2D eigenvalue weighted by Crippen LogP contribution is -2.41. The molecule has 0 radical (unpaired) electrons. The second kappa shape index (κ2) is 9.24. The summed E-state index contributed by atoms with van der Waals surface area (Å²) in [6.45, 7) is 2.31. The molecule has 1 fully saturated rings. The lowest BCUT2D eigenvalue weighted by molar-refractivity contribution is 0.102. The summed E-state index contributed by atoms with van der Waals surface area (Å²) in [5, 5.41) is 3.74. The number of sulfonamides is 1. The van der Waals surface area contributed by atoms with E-state index in [4.69, 9.17) is 11.6 Å². The predicted octanol–water partition coefficient (Wildman–Crippen LogP) is 5.55. The minimum absolute atomic E-state index is 0.0533. The summed E-state index contributed by atoms with van der Waals surface area (Å²) in [4.78, 5) is 17.2. The lowest BCUT2D eigenvalue weighted by atomic mass is 9.95. The molecule has 0 bridgehead atoms. The van der Waals surface area contributed by atoms with Gasteiger partial charge in [-0.3, -0.25) is 10.1 Å². The van der Waals surface area contributed by atoms with Crippen molar-refractivity contribution in [3.8, 4) is 0 Å². The SMILES string of the molecule is CCN(C1CCCCC1)S(=O)(=O)c1ccc(C(=O)Nc2nc3c(Cl)cccc3s2)cc1. The van der Waals surface area contributed by atoms with E-state index in [2.05, 4.69) is 10.3 Å². The number of nitrogens with one attached hydrogen (secondary N) is 1. The molecule has 4 rings (SSSR count). The maximum Gasteiger partial charge on any atom is 0.257 e. The Kier molecular flexibility index (Phi) is 6.62. The van der Waals surface area contributed by atoms with Crippen molar-refractivity contribution in [3.63, 3.8) is 0 Å². The van der Waals surface area contributed by atoms with E-state index in [9.17, 15) is 13.2 Å². The summed E-state index contributed by atoms with van der Waals surface area (Å²) in [5.41, 5.74) is 1.01. The number of anilines is 1. The molecule has 164 valence electrons. The normalized spacial score (nSPS) is 15.5. The van der Waals surface area contributed by atoms with E-state index in [1.807, 2.05) is 19.1 Å². The smallest absolute Gasteiger partial charge is 0.257 e. The highest BCUT2D eigenvalue weighted by Gasteiger charge is 2.31. The number of fused-ring (bicyclic) bond motifs is 1. The lowest BCUT2D eigenvalue weighted by Gasteiger charge is -2.32. The van der Waals surface area contributed by atoms with Crippen molar-refractivity contribution in [1.29, 1.82) is 0 Å². The Balaban J connectivity index is 1.51. The molecule has 31 heavy (non-hydrogen) atoms. The zero-order chi connectivity index (χ0) is 22.0. The van der Waals surface area contributed by atoms with E-state index in [1.54, 1.807) is 10.4 Å². The average Bonchev–Trinajstić information content (AvgIpc) is 3.19. The van der Waals surface area contributed by atoms with Gasteiger partial charge in [-0.05, 0) is 49.2 Å². The van der Waals surface area contributed by atoms with Crippen LogP contribution in [0.15, 0.2) is 47.4 Å². The number of hydrogen-bond donors (Lipinski definition) is 1. The van der Waals surface area contributed by atoms with E-state index in [-0.39, 0.29) is 16.8 Å². The summed E-state index contributed by atoms with van der Waals surface area (Å²) in [6, 6.07) is 11.6. The van der Waals surface area contributed by atoms with Crippen molar-refractivity contribution >= 4 is 54.2 Å². The van der Waals surface area contributed by atoms with Gasteiger partial charge in [-0.25, -0.2) is 13.4 Å². The molecule has 6 nitrogen and oxygen atoms in total. The molecule has 3 aromatic rings. The average molecular weight is 478 g/mol. The number of hydrogen-bond acceptors (Lipinski definition) is 5. The number of halogens is 1. The summed E-state index contributed by atoms with van der Waals surface area (Å²) in [5.74, 6) is -0.348. The summed E-state index contributed by atoms with van der Waals surface area (Å²) >= 11 is 7.48. The number of amides is 1. The monoisotopic (exact) mass is 477 g/mol. The minimum atomic E-state index is -3.60. The molecule has 1 N–H and O–H groups in total. The van der Waals surface area contributed by atoms with Crippen molar-refractivity contribution in [2.45, 2.75) is 50.0 Å². The van der Waals surface area contributed by atoms with Crippen molar-refractivity contribution in [2.75, 3.05) is 11.9 Å². The van der Waals surface area contributed by atoms with E-state index >= 15 is 0 Å². The predicted molar refractivity (Wildman–Crippen MR) is 125 cm³/mol. The minimum Gasteiger partial charge on any atom is -0.298 e. The second-order valence-electron chi connectivity index (χ2n) is 7.58. The van der Waals surface area contributed by atoms with Crippen LogP contribution in [0.4, 0.5) is 5.13 Å². The first-order valence-corrected chi connectivity index (χ1v) is 13.0. The van der Waals surface area contributed by atoms with Crippen LogP contribution in [0, 0.1) is 0 Å². The zero-order valence-electron chi connectivity index (χ0n) is 17.2. The molecular formula is C22H24ClN3O3S2. The number of para-hydroxylation sites is 1. The molecule has 0 aliphatic heterocycles. The number of benzene rings is 2. The fraction of sp³-hybridized carbons (Fsp3) is 0.364. The van der Waals surface area contributed by atoms with Crippen molar-refractivity contribution in [1.82, 2.24) is 9.29 Å². The van der Waals surface area contributed by atoms with Crippen LogP contribution in [0.5, 0.6) is 0 Å². The first-order chi connectivity index (χ1) is 14.9. The van der Waals surface area contributed by atoms with Crippen molar-refractivity contribution in [2.24, 2.45) is 0 Å². The maximum atomic E-state index is 13.2. The third kappa shape index (κ3) is 4.62. The molecule has 1 saturated carbocycles. The Hall–Kier alpha value is -2.00. The molecule has 0 atom stereocenters. The third-order valence-corrected chi connectivity index (χ3v) is 8.89. The van der Waals surface area contributed by atoms with Gasteiger partial charge in [0.2, 0.25) is 10.0 Å². The number of carbonyl (C=O) groups is 1. The largest absolute Gasteiger partial charge is 0.298 e. The highest BCUT2D eigenvalue weighted by molar-refractivity contribution is 7.89. The zero-order valence-corrected chi connectivity index (χ0v) is 19.6. The fourth-order valence-corrected chi connectivity index (χ4v) is 6.90. The van der Waals surface area contributed by atoms with Gasteiger partial charge < -0.3 is 0 Å². The molecule has 0 unspecified atom stereocenters. The first kappa shape index (κ1) is 22.2. The molecule has 1 aliphatic carbocycles. The summed E-state index contributed by atoms with van der Waals surface area (Å²) in [6.07, 6.45) is 5.10. The van der Waals surface area contributed by atoms with Crippen LogP contribution in [0.1, 0.15) is 49.4 Å². The molecule has 1 aliphatic rings. The topological polar surface area (TPSA) is 79.4 Å². The Morgan fingerprint density at radius 2 is 1.87 bits per heavy atom. The van der Waals surface area contributed by atoms with Crippen LogP contribution in [0.3, 0.4) is 0 Å². The Morgan fingerprint density at radius 1 is 1.16 bits per heavy atom. The Bertz CT molecular complexity index is 1190. The molecule has 1 aromatic heterocycles. The molecule has 9 heteroatoms. The number of rotatable bonds is 6. The molecule has 1 heterocycles. The van der Waals surface area contributed by atoms with Crippen molar-refractivity contribution in [3.05, 3.63) is 53.1 Å². The number of carbonyl (C=O) groups excluding carboxylic acids is 1. The molecular weight excluding hydrogens is 454 g/mol. The van der Waals surface area contributed by atoms with Gasteiger partial charge in [0.05, 0.1) is 14.6 Å². The molecule has 1 amide bonds. The van der Waals surface area contributed by atoms with E-state index in [0.717, 1.165) is 30.4 Å². The number of aromatic nitrogens is 1. The van der Waals surface area contributed by atoms with Crippen LogP contribution in [0.2, 0.25) is 5.02 Å². The van der Waals surface area contributed by atoms with Gasteiger partial charge in [-0.1, -0.05) is 55.2 Å². The van der Waals surface area contributed by atoms with Gasteiger partial charge in [0, 0.05) is 18.2 Å². The Labute approximate surface area is 191 Å². The van der Waals surface area contributed by atoms with Crippen LogP contribution >= 0.6 is 22.9 Å². The van der Waals surface area contributed by atoms with E-state index in [1.165, 1.54) is 42.0 Å². The van der Waals surface area contributed by atoms with Gasteiger partial charge >= 0.3 is 0 Å². The van der Waals surface area contributed by atoms with Crippen LogP contribution in [-0.4, -0.2) is 36.2 Å². The number of nitrogens with zero attached hydrogens (tertiary/aromatic N) is 2. The van der Waals surface area contributed by atoms with Gasteiger partial charge in [0.25, 0.3) is 5.91 Å². The highest BCUT2D eigenvalue weighted by Crippen LogP contribution is 2.31. The van der Waals surface area contributed by atoms with Gasteiger partial charge in [0.1, 0.15) is 5.52 Å². The third-order valence-electron chi connectivity index (χ3n) is 5.61. The van der Waals surface area contributed by atoms with Crippen molar-refractivity contribution < 1.29 is 13.2 Å². The van der Waals surface area contributed by atoms with Gasteiger partial charge in [-0.15, -0.1) is 0 Å². The Morgan fingerprint density at radius 3 is 2.52 bits per heavy atom. The standard InChI is InChI=1S/C22H24ClN3O3S2/c1-2-26(16-7-4-3-5-8-16)31(28,29)17-13-11-15(12-14-17)21(27)25-22-24-20-18(23)9-6-10-19(20)30-22/h6,9-14,16H,2-5,7-8H2,1H3,(H,24,25,27). The van der Waals surface area contributed by atoms with Gasteiger partial charge in [0.15, 0.2) is 5.13 Å². The van der Waals surface area contributed by atoms with Gasteiger partial charge in [-0.2, -0.15) is 4.31 Å². The van der Waals surface area contributed by atoms with Crippen LogP contribution < -0.4 is 5.32 Å². The quantitative estimate of drug-likeness (QED) is 0.505. The van der Waals surface area contributed by atoms with Crippen LogP contribution in [0.25, 0.3) is 10.2 Å². The fourth-order valence-electron chi connectivity index (χ4n) is 4.04.